The van der Waals surface area contributed by atoms with Gasteiger partial charge in [-0.1, -0.05) is 30.3 Å². The number of sulfonamides is 1. The number of amides is 1. The number of H-pyrrole nitrogens is 1. The van der Waals surface area contributed by atoms with Gasteiger partial charge < -0.3 is 9.88 Å². The van der Waals surface area contributed by atoms with Crippen LogP contribution in [-0.2, 0) is 16.4 Å². The van der Waals surface area contributed by atoms with Crippen LogP contribution in [0.1, 0.15) is 15.9 Å². The van der Waals surface area contributed by atoms with Crippen LogP contribution < -0.4 is 15.2 Å². The normalized spacial score (nSPS) is 13.3. The minimum Gasteiger partial charge on any atom is -0.321 e. The van der Waals surface area contributed by atoms with Gasteiger partial charge in [0.15, 0.2) is 0 Å². The van der Waals surface area contributed by atoms with Crippen molar-refractivity contribution in [1.82, 2.24) is 9.71 Å². The SMILES string of the molecule is CNS(=O)(=O)c1ccc2c(c1)CCN2C(=O)c1ccc(-c2ccccc2)[nH]c1=O. The number of nitrogens with one attached hydrogen (secondary N) is 2. The predicted molar refractivity (Wildman–Crippen MR) is 111 cm³/mol. The summed E-state index contributed by atoms with van der Waals surface area (Å²) in [6, 6.07) is 17.3. The van der Waals surface area contributed by atoms with E-state index in [9.17, 15) is 18.0 Å². The molecule has 0 atom stereocenters. The lowest BCUT2D eigenvalue weighted by molar-refractivity contribution is 0.0988. The highest BCUT2D eigenvalue weighted by atomic mass is 32.2. The van der Waals surface area contributed by atoms with E-state index in [4.69, 9.17) is 0 Å². The van der Waals surface area contributed by atoms with E-state index in [0.29, 0.717) is 24.3 Å². The maximum absolute atomic E-state index is 13.0. The van der Waals surface area contributed by atoms with E-state index in [-0.39, 0.29) is 10.5 Å². The van der Waals surface area contributed by atoms with Gasteiger partial charge in [0, 0.05) is 17.9 Å². The van der Waals surface area contributed by atoms with Gasteiger partial charge >= 0.3 is 0 Å². The van der Waals surface area contributed by atoms with E-state index in [2.05, 4.69) is 9.71 Å². The number of rotatable bonds is 4. The van der Waals surface area contributed by atoms with E-state index in [0.717, 1.165) is 11.1 Å². The number of benzene rings is 2. The van der Waals surface area contributed by atoms with Crippen LogP contribution in [0.15, 0.2) is 70.4 Å². The molecule has 29 heavy (non-hydrogen) atoms. The number of pyridine rings is 1. The molecule has 0 spiro atoms. The Bertz CT molecular complexity index is 1250. The summed E-state index contributed by atoms with van der Waals surface area (Å²) >= 11 is 0. The standard InChI is InChI=1S/C21H19N3O4S/c1-22-29(27,28)16-7-10-19-15(13-16)11-12-24(19)21(26)17-8-9-18(23-20(17)25)14-5-3-2-4-6-14/h2-10,13,22H,11-12H2,1H3,(H,23,25). The molecule has 8 heteroatoms. The third-order valence-corrected chi connectivity index (χ3v) is 6.41. The van der Waals surface area contributed by atoms with Crippen molar-refractivity contribution < 1.29 is 13.2 Å². The Hall–Kier alpha value is -3.23. The van der Waals surface area contributed by atoms with Crippen molar-refractivity contribution in [2.24, 2.45) is 0 Å². The number of fused-ring (bicyclic) bond motifs is 1. The van der Waals surface area contributed by atoms with Crippen LogP contribution in [-0.4, -0.2) is 32.9 Å². The summed E-state index contributed by atoms with van der Waals surface area (Å²) in [5.41, 5.74) is 2.46. The first-order valence-electron chi connectivity index (χ1n) is 9.08. The van der Waals surface area contributed by atoms with Gasteiger partial charge in [0.1, 0.15) is 5.56 Å². The Morgan fingerprint density at radius 3 is 2.52 bits per heavy atom. The Balaban J connectivity index is 1.65. The molecule has 1 aliphatic heterocycles. The predicted octanol–water partition coefficient (Wildman–Crippen LogP) is 2.15. The van der Waals surface area contributed by atoms with Crippen molar-refractivity contribution in [2.45, 2.75) is 11.3 Å². The average Bonchev–Trinajstić information content (AvgIpc) is 3.17. The van der Waals surface area contributed by atoms with Crippen LogP contribution in [0, 0.1) is 0 Å². The van der Waals surface area contributed by atoms with Crippen LogP contribution in [0.2, 0.25) is 0 Å². The zero-order chi connectivity index (χ0) is 20.6. The Labute approximate surface area is 168 Å². The monoisotopic (exact) mass is 409 g/mol. The molecule has 2 heterocycles. The lowest BCUT2D eigenvalue weighted by Gasteiger charge is -2.17. The highest BCUT2D eigenvalue weighted by Crippen LogP contribution is 2.31. The average molecular weight is 409 g/mol. The molecule has 0 saturated carbocycles. The first kappa shape index (κ1) is 19.1. The van der Waals surface area contributed by atoms with Gasteiger partial charge in [0.2, 0.25) is 10.0 Å². The number of hydrogen-bond donors (Lipinski definition) is 2. The lowest BCUT2D eigenvalue weighted by Crippen LogP contribution is -2.33. The molecule has 7 nitrogen and oxygen atoms in total. The summed E-state index contributed by atoms with van der Waals surface area (Å²) in [5, 5.41) is 0. The number of anilines is 1. The summed E-state index contributed by atoms with van der Waals surface area (Å²) < 4.78 is 26.3. The highest BCUT2D eigenvalue weighted by Gasteiger charge is 2.28. The fourth-order valence-electron chi connectivity index (χ4n) is 3.45. The topological polar surface area (TPSA) is 99.3 Å². The first-order chi connectivity index (χ1) is 13.9. The van der Waals surface area contributed by atoms with E-state index in [1.807, 2.05) is 30.3 Å². The Kier molecular flexibility index (Phi) is 4.81. The van der Waals surface area contributed by atoms with Gasteiger partial charge in [0.05, 0.1) is 4.90 Å². The molecule has 1 aliphatic rings. The number of aromatic nitrogens is 1. The molecule has 0 saturated heterocycles. The van der Waals surface area contributed by atoms with E-state index in [1.54, 1.807) is 18.2 Å². The fraction of sp³-hybridized carbons (Fsp3) is 0.143. The van der Waals surface area contributed by atoms with Gasteiger partial charge in [-0.2, -0.15) is 0 Å². The molecule has 1 aromatic heterocycles. The van der Waals surface area contributed by atoms with Gasteiger partial charge in [-0.3, -0.25) is 9.59 Å². The van der Waals surface area contributed by atoms with Gasteiger partial charge in [-0.05, 0) is 54.9 Å². The molecule has 0 fully saturated rings. The van der Waals surface area contributed by atoms with Crippen LogP contribution in [0.5, 0.6) is 0 Å². The zero-order valence-electron chi connectivity index (χ0n) is 15.7. The minimum absolute atomic E-state index is 0.0458. The van der Waals surface area contributed by atoms with Crippen LogP contribution >= 0.6 is 0 Å². The Morgan fingerprint density at radius 1 is 1.07 bits per heavy atom. The molecule has 0 bridgehead atoms. The van der Waals surface area contributed by atoms with E-state index < -0.39 is 21.5 Å². The van der Waals surface area contributed by atoms with Crippen molar-refractivity contribution in [3.05, 3.63) is 82.1 Å². The van der Waals surface area contributed by atoms with Gasteiger partial charge in [0.25, 0.3) is 11.5 Å². The molecule has 4 rings (SSSR count). The number of carbonyl (C=O) groups is 1. The second-order valence-electron chi connectivity index (χ2n) is 6.69. The minimum atomic E-state index is -3.56. The van der Waals surface area contributed by atoms with Crippen molar-refractivity contribution >= 4 is 21.6 Å². The molecule has 0 unspecified atom stereocenters. The molecule has 2 N–H and O–H groups in total. The van der Waals surface area contributed by atoms with Gasteiger partial charge in [-0.15, -0.1) is 0 Å². The lowest BCUT2D eigenvalue weighted by atomic mass is 10.1. The maximum atomic E-state index is 13.0. The second-order valence-corrected chi connectivity index (χ2v) is 8.57. The van der Waals surface area contributed by atoms with Crippen molar-refractivity contribution in [3.8, 4) is 11.3 Å². The van der Waals surface area contributed by atoms with Gasteiger partial charge in [-0.25, -0.2) is 13.1 Å². The second kappa shape index (κ2) is 7.31. The zero-order valence-corrected chi connectivity index (χ0v) is 16.5. The smallest absolute Gasteiger partial charge is 0.263 e. The summed E-state index contributed by atoms with van der Waals surface area (Å²) in [7, 11) is -2.21. The number of hydrogen-bond acceptors (Lipinski definition) is 4. The molecule has 1 amide bonds. The van der Waals surface area contributed by atoms with E-state index in [1.165, 1.54) is 24.1 Å². The molecule has 0 aliphatic carbocycles. The number of aromatic amines is 1. The summed E-state index contributed by atoms with van der Waals surface area (Å²) in [6.45, 7) is 0.386. The summed E-state index contributed by atoms with van der Waals surface area (Å²) in [4.78, 5) is 30.0. The molecular formula is C21H19N3O4S. The largest absolute Gasteiger partial charge is 0.321 e. The first-order valence-corrected chi connectivity index (χ1v) is 10.6. The van der Waals surface area contributed by atoms with Crippen LogP contribution in [0.3, 0.4) is 0 Å². The summed E-state index contributed by atoms with van der Waals surface area (Å²) in [5.74, 6) is -0.408. The third-order valence-electron chi connectivity index (χ3n) is 5.00. The van der Waals surface area contributed by atoms with Crippen LogP contribution in [0.4, 0.5) is 5.69 Å². The molecule has 148 valence electrons. The molecule has 3 aromatic rings. The maximum Gasteiger partial charge on any atom is 0.263 e. The van der Waals surface area contributed by atoms with Crippen molar-refractivity contribution in [1.29, 1.82) is 0 Å². The fourth-order valence-corrected chi connectivity index (χ4v) is 4.23. The third kappa shape index (κ3) is 3.48. The quantitative estimate of drug-likeness (QED) is 0.690. The Morgan fingerprint density at radius 2 is 1.83 bits per heavy atom. The molecule has 0 radical (unpaired) electrons. The highest BCUT2D eigenvalue weighted by molar-refractivity contribution is 7.89. The van der Waals surface area contributed by atoms with Crippen molar-refractivity contribution in [3.63, 3.8) is 0 Å². The van der Waals surface area contributed by atoms with E-state index >= 15 is 0 Å². The summed E-state index contributed by atoms with van der Waals surface area (Å²) in [6.07, 6.45) is 0.522. The number of nitrogens with zero attached hydrogens (tertiary/aromatic N) is 1. The van der Waals surface area contributed by atoms with Crippen molar-refractivity contribution in [2.75, 3.05) is 18.5 Å². The number of carbonyl (C=O) groups excluding carboxylic acids is 1. The molecular weight excluding hydrogens is 390 g/mol. The molecule has 2 aromatic carbocycles. The van der Waals surface area contributed by atoms with Crippen LogP contribution in [0.25, 0.3) is 11.3 Å².